The van der Waals surface area contributed by atoms with Gasteiger partial charge in [-0.1, -0.05) is 0 Å². The van der Waals surface area contributed by atoms with Gasteiger partial charge in [0.15, 0.2) is 0 Å². The molecule has 2 heterocycles. The zero-order chi connectivity index (χ0) is 14.3. The van der Waals surface area contributed by atoms with Crippen LogP contribution >= 0.6 is 12.6 Å². The first kappa shape index (κ1) is 13.9. The molecule has 0 aromatic heterocycles. The molecule has 20 heavy (non-hydrogen) atoms. The van der Waals surface area contributed by atoms with E-state index in [4.69, 9.17) is 0 Å². The van der Waals surface area contributed by atoms with E-state index in [0.717, 1.165) is 12.8 Å². The molecule has 0 spiro atoms. The van der Waals surface area contributed by atoms with Crippen LogP contribution in [0.2, 0.25) is 0 Å². The van der Waals surface area contributed by atoms with Gasteiger partial charge in [-0.15, -0.1) is 12.6 Å². The van der Waals surface area contributed by atoms with Gasteiger partial charge in [-0.05, 0) is 44.5 Å². The Morgan fingerprint density at radius 3 is 2.85 bits per heavy atom. The van der Waals surface area contributed by atoms with Crippen LogP contribution in [0.3, 0.4) is 0 Å². The molecule has 2 aliphatic rings. The zero-order valence-electron chi connectivity index (χ0n) is 11.6. The van der Waals surface area contributed by atoms with Crippen molar-refractivity contribution in [2.24, 2.45) is 0 Å². The molecule has 3 rings (SSSR count). The van der Waals surface area contributed by atoms with E-state index < -0.39 is 5.82 Å². The molecule has 108 valence electrons. The zero-order valence-corrected chi connectivity index (χ0v) is 12.4. The molecule has 0 radical (unpaired) electrons. The van der Waals surface area contributed by atoms with E-state index >= 15 is 0 Å². The second kappa shape index (κ2) is 5.37. The van der Waals surface area contributed by atoms with Crippen LogP contribution < -0.4 is 0 Å². The molecule has 1 aromatic carbocycles. The number of fused-ring (bicyclic) bond motifs is 2. The summed E-state index contributed by atoms with van der Waals surface area (Å²) in [5.41, 5.74) is 0.137. The minimum absolute atomic E-state index is 0.137. The molecule has 2 aliphatic heterocycles. The molecular formula is C15H19FN2OS. The Morgan fingerprint density at radius 1 is 1.30 bits per heavy atom. The first-order valence-electron chi connectivity index (χ1n) is 7.06. The Labute approximate surface area is 124 Å². The molecule has 1 aromatic rings. The summed E-state index contributed by atoms with van der Waals surface area (Å²) in [7, 11) is 2.13. The highest BCUT2D eigenvalue weighted by Gasteiger charge is 2.36. The number of nitrogens with zero attached hydrogens (tertiary/aromatic N) is 2. The van der Waals surface area contributed by atoms with Crippen LogP contribution in [0.1, 0.15) is 29.6 Å². The number of carbonyl (C=O) groups is 1. The van der Waals surface area contributed by atoms with Crippen molar-refractivity contribution in [1.82, 2.24) is 9.80 Å². The first-order valence-corrected chi connectivity index (χ1v) is 7.50. The van der Waals surface area contributed by atoms with E-state index in [1.807, 2.05) is 0 Å². The lowest BCUT2D eigenvalue weighted by atomic mass is 10.1. The highest BCUT2D eigenvalue weighted by Crippen LogP contribution is 2.29. The molecular weight excluding hydrogens is 275 g/mol. The lowest BCUT2D eigenvalue weighted by Gasteiger charge is -2.26. The van der Waals surface area contributed by atoms with Crippen molar-refractivity contribution >= 4 is 18.5 Å². The molecule has 2 saturated heterocycles. The Hall–Kier alpha value is -1.07. The summed E-state index contributed by atoms with van der Waals surface area (Å²) in [5, 5.41) is 0. The number of rotatable bonds is 1. The molecule has 0 N–H and O–H groups in total. The number of thiol groups is 1. The Balaban J connectivity index is 1.82. The van der Waals surface area contributed by atoms with Gasteiger partial charge in [-0.25, -0.2) is 4.39 Å². The van der Waals surface area contributed by atoms with E-state index in [0.29, 0.717) is 30.1 Å². The first-order chi connectivity index (χ1) is 9.56. The fourth-order valence-corrected chi connectivity index (χ4v) is 3.54. The van der Waals surface area contributed by atoms with Crippen LogP contribution in [0.5, 0.6) is 0 Å². The average molecular weight is 294 g/mol. The molecule has 3 nitrogen and oxygen atoms in total. The van der Waals surface area contributed by atoms with Crippen molar-refractivity contribution < 1.29 is 9.18 Å². The van der Waals surface area contributed by atoms with Gasteiger partial charge in [0.1, 0.15) is 5.82 Å². The second-order valence-corrected chi connectivity index (χ2v) is 6.27. The van der Waals surface area contributed by atoms with Crippen molar-refractivity contribution in [2.75, 3.05) is 20.1 Å². The Morgan fingerprint density at radius 2 is 2.05 bits per heavy atom. The summed E-state index contributed by atoms with van der Waals surface area (Å²) in [4.78, 5) is 17.3. The van der Waals surface area contributed by atoms with E-state index in [2.05, 4.69) is 24.6 Å². The lowest BCUT2D eigenvalue weighted by molar-refractivity contribution is 0.0735. The topological polar surface area (TPSA) is 23.6 Å². The van der Waals surface area contributed by atoms with Gasteiger partial charge in [-0.3, -0.25) is 9.69 Å². The average Bonchev–Trinajstić information content (AvgIpc) is 2.65. The summed E-state index contributed by atoms with van der Waals surface area (Å²) in [6.07, 6.45) is 3.31. The van der Waals surface area contributed by atoms with Crippen molar-refractivity contribution in [3.63, 3.8) is 0 Å². The van der Waals surface area contributed by atoms with Gasteiger partial charge < -0.3 is 4.90 Å². The number of likely N-dealkylation sites (tertiary alicyclic amines) is 1. The van der Waals surface area contributed by atoms with Crippen molar-refractivity contribution in [1.29, 1.82) is 0 Å². The largest absolute Gasteiger partial charge is 0.337 e. The van der Waals surface area contributed by atoms with Crippen molar-refractivity contribution in [2.45, 2.75) is 36.2 Å². The molecule has 5 heteroatoms. The minimum Gasteiger partial charge on any atom is -0.337 e. The molecule has 1 amide bonds. The second-order valence-electron chi connectivity index (χ2n) is 5.75. The Kier molecular flexibility index (Phi) is 3.73. The molecule has 2 bridgehead atoms. The SMILES string of the molecule is CN1C2CCC1CN(C(=O)c1cc(S)ccc1F)CC2. The lowest BCUT2D eigenvalue weighted by Crippen LogP contribution is -2.40. The molecule has 2 unspecified atom stereocenters. The number of likely N-dealkylation sites (N-methyl/N-ethyl adjacent to an activating group) is 1. The summed E-state index contributed by atoms with van der Waals surface area (Å²) < 4.78 is 13.8. The summed E-state index contributed by atoms with van der Waals surface area (Å²) in [5.74, 6) is -0.671. The van der Waals surface area contributed by atoms with E-state index in [1.165, 1.54) is 18.6 Å². The van der Waals surface area contributed by atoms with Gasteiger partial charge in [0, 0.05) is 30.1 Å². The molecule has 0 aliphatic carbocycles. The highest BCUT2D eigenvalue weighted by molar-refractivity contribution is 7.80. The van der Waals surface area contributed by atoms with Crippen LogP contribution in [-0.4, -0.2) is 47.9 Å². The number of benzene rings is 1. The minimum atomic E-state index is -0.462. The maximum Gasteiger partial charge on any atom is 0.256 e. The van der Waals surface area contributed by atoms with Crippen LogP contribution in [0, 0.1) is 5.82 Å². The van der Waals surface area contributed by atoms with Gasteiger partial charge >= 0.3 is 0 Å². The number of hydrogen-bond donors (Lipinski definition) is 1. The predicted molar refractivity (Wildman–Crippen MR) is 78.7 cm³/mol. The summed E-state index contributed by atoms with van der Waals surface area (Å²) in [6, 6.07) is 5.37. The fraction of sp³-hybridized carbons (Fsp3) is 0.533. The maximum atomic E-state index is 13.8. The number of halogens is 1. The monoisotopic (exact) mass is 294 g/mol. The normalized spacial score (nSPS) is 26.6. The van der Waals surface area contributed by atoms with Gasteiger partial charge in [0.2, 0.25) is 0 Å². The van der Waals surface area contributed by atoms with Crippen LogP contribution in [-0.2, 0) is 0 Å². The smallest absolute Gasteiger partial charge is 0.256 e. The van der Waals surface area contributed by atoms with Crippen LogP contribution in [0.15, 0.2) is 23.1 Å². The van der Waals surface area contributed by atoms with E-state index in [1.54, 1.807) is 11.0 Å². The van der Waals surface area contributed by atoms with E-state index in [9.17, 15) is 9.18 Å². The number of carbonyl (C=O) groups excluding carboxylic acids is 1. The third-order valence-electron chi connectivity index (χ3n) is 4.62. The Bertz CT molecular complexity index is 537. The van der Waals surface area contributed by atoms with Crippen molar-refractivity contribution in [3.05, 3.63) is 29.6 Å². The molecule has 2 atom stereocenters. The predicted octanol–water partition coefficient (Wildman–Crippen LogP) is 2.42. The van der Waals surface area contributed by atoms with Crippen molar-refractivity contribution in [3.8, 4) is 0 Å². The van der Waals surface area contributed by atoms with Crippen LogP contribution in [0.25, 0.3) is 0 Å². The van der Waals surface area contributed by atoms with Gasteiger partial charge in [0.05, 0.1) is 5.56 Å². The molecule has 2 fully saturated rings. The summed E-state index contributed by atoms with van der Waals surface area (Å²) >= 11 is 4.19. The third-order valence-corrected chi connectivity index (χ3v) is 4.89. The van der Waals surface area contributed by atoms with Gasteiger partial charge in [0.25, 0.3) is 5.91 Å². The highest BCUT2D eigenvalue weighted by atomic mass is 32.1. The van der Waals surface area contributed by atoms with Crippen LogP contribution in [0.4, 0.5) is 4.39 Å². The number of hydrogen-bond acceptors (Lipinski definition) is 3. The van der Waals surface area contributed by atoms with E-state index in [-0.39, 0.29) is 11.5 Å². The maximum absolute atomic E-state index is 13.8. The quantitative estimate of drug-likeness (QED) is 0.804. The molecule has 0 saturated carbocycles. The summed E-state index contributed by atoms with van der Waals surface area (Å²) in [6.45, 7) is 1.41. The standard InChI is InChI=1S/C15H19FN2OS/c1-17-10-2-3-11(17)9-18(7-6-10)15(19)13-8-12(20)4-5-14(13)16/h4-5,8,10-11,20H,2-3,6-7,9H2,1H3. The third kappa shape index (κ3) is 2.44. The fourth-order valence-electron chi connectivity index (χ4n) is 3.34. The van der Waals surface area contributed by atoms with Gasteiger partial charge in [-0.2, -0.15) is 0 Å². The number of amides is 1.